The molecule has 2 N–H and O–H groups in total. The topological polar surface area (TPSA) is 32.3 Å². The van der Waals surface area contributed by atoms with Crippen molar-refractivity contribution in [1.82, 2.24) is 5.32 Å². The molecule has 0 unspecified atom stereocenters. The number of aliphatic hydroxyl groups excluding tert-OH is 1. The van der Waals surface area contributed by atoms with E-state index in [0.717, 1.165) is 5.56 Å². The summed E-state index contributed by atoms with van der Waals surface area (Å²) in [6.45, 7) is 2.44. The molecule has 0 saturated carbocycles. The molecule has 0 aliphatic carbocycles. The summed E-state index contributed by atoms with van der Waals surface area (Å²) in [6, 6.07) is 4.67. The van der Waals surface area contributed by atoms with Gasteiger partial charge in [-0.2, -0.15) is 0 Å². The van der Waals surface area contributed by atoms with Gasteiger partial charge in [0.1, 0.15) is 5.82 Å². The van der Waals surface area contributed by atoms with Crippen LogP contribution in [0.1, 0.15) is 12.5 Å². The fourth-order valence-corrected chi connectivity index (χ4v) is 1.12. The molecule has 0 fully saturated rings. The molecule has 1 aromatic rings. The Morgan fingerprint density at radius 2 is 2.29 bits per heavy atom. The number of rotatable bonds is 4. The number of halogens is 2. The highest BCUT2D eigenvalue weighted by molar-refractivity contribution is 6.30. The second-order valence-electron chi connectivity index (χ2n) is 3.21. The highest BCUT2D eigenvalue weighted by Gasteiger charge is 2.02. The normalized spacial score (nSPS) is 12.9. The first kappa shape index (κ1) is 11.4. The maximum Gasteiger partial charge on any atom is 0.142 e. The maximum atomic E-state index is 13.0. The molecule has 0 bridgehead atoms. The first-order chi connectivity index (χ1) is 6.63. The Bertz CT molecular complexity index is 306. The summed E-state index contributed by atoms with van der Waals surface area (Å²) in [5.41, 5.74) is 0.812. The summed E-state index contributed by atoms with van der Waals surface area (Å²) < 4.78 is 13.0. The van der Waals surface area contributed by atoms with Gasteiger partial charge in [-0.3, -0.25) is 0 Å². The van der Waals surface area contributed by atoms with Crippen molar-refractivity contribution in [2.45, 2.75) is 19.5 Å². The molecule has 0 aromatic heterocycles. The van der Waals surface area contributed by atoms with Crippen LogP contribution in [0.5, 0.6) is 0 Å². The van der Waals surface area contributed by atoms with Crippen LogP contribution in [0.2, 0.25) is 5.02 Å². The number of benzene rings is 1. The number of hydrogen-bond donors (Lipinski definition) is 2. The van der Waals surface area contributed by atoms with Crippen molar-refractivity contribution in [2.75, 3.05) is 6.61 Å². The van der Waals surface area contributed by atoms with Crippen molar-refractivity contribution in [3.63, 3.8) is 0 Å². The van der Waals surface area contributed by atoms with Gasteiger partial charge in [0.05, 0.1) is 11.6 Å². The van der Waals surface area contributed by atoms with E-state index in [1.165, 1.54) is 12.1 Å². The molecule has 0 amide bonds. The zero-order valence-corrected chi connectivity index (χ0v) is 8.68. The first-order valence-electron chi connectivity index (χ1n) is 4.41. The molecule has 0 spiro atoms. The molecule has 14 heavy (non-hydrogen) atoms. The van der Waals surface area contributed by atoms with E-state index in [4.69, 9.17) is 16.7 Å². The van der Waals surface area contributed by atoms with Crippen LogP contribution < -0.4 is 5.32 Å². The SMILES string of the molecule is C[C@H](CO)NCc1ccc(Cl)c(F)c1. The molecule has 78 valence electrons. The lowest BCUT2D eigenvalue weighted by atomic mass is 10.2. The zero-order chi connectivity index (χ0) is 10.6. The highest BCUT2D eigenvalue weighted by Crippen LogP contribution is 2.15. The van der Waals surface area contributed by atoms with E-state index >= 15 is 0 Å². The molecule has 1 aromatic carbocycles. The zero-order valence-electron chi connectivity index (χ0n) is 7.93. The minimum atomic E-state index is -0.414. The lowest BCUT2D eigenvalue weighted by molar-refractivity contribution is 0.251. The summed E-state index contributed by atoms with van der Waals surface area (Å²) in [6.07, 6.45) is 0. The molecule has 0 heterocycles. The Labute approximate surface area is 87.7 Å². The molecular formula is C10H13ClFNO. The van der Waals surface area contributed by atoms with Gasteiger partial charge < -0.3 is 10.4 Å². The predicted octanol–water partition coefficient (Wildman–Crippen LogP) is 1.95. The summed E-state index contributed by atoms with van der Waals surface area (Å²) >= 11 is 5.54. The molecule has 4 heteroatoms. The van der Waals surface area contributed by atoms with E-state index in [-0.39, 0.29) is 17.7 Å². The van der Waals surface area contributed by atoms with Crippen molar-refractivity contribution >= 4 is 11.6 Å². The van der Waals surface area contributed by atoms with Crippen LogP contribution in [0.15, 0.2) is 18.2 Å². The minimum absolute atomic E-state index is 0.00809. The second-order valence-corrected chi connectivity index (χ2v) is 3.62. The second kappa shape index (κ2) is 5.29. The van der Waals surface area contributed by atoms with Gasteiger partial charge in [0.25, 0.3) is 0 Å². The van der Waals surface area contributed by atoms with Crippen molar-refractivity contribution in [3.05, 3.63) is 34.6 Å². The molecule has 0 aliphatic heterocycles. The Hall–Kier alpha value is -0.640. The minimum Gasteiger partial charge on any atom is -0.395 e. The third-order valence-electron chi connectivity index (χ3n) is 1.91. The van der Waals surface area contributed by atoms with Crippen molar-refractivity contribution in [1.29, 1.82) is 0 Å². The molecule has 1 atom stereocenters. The van der Waals surface area contributed by atoms with Gasteiger partial charge in [-0.05, 0) is 24.6 Å². The van der Waals surface area contributed by atoms with Gasteiger partial charge >= 0.3 is 0 Å². The largest absolute Gasteiger partial charge is 0.395 e. The fraction of sp³-hybridized carbons (Fsp3) is 0.400. The van der Waals surface area contributed by atoms with Gasteiger partial charge in [0.15, 0.2) is 0 Å². The van der Waals surface area contributed by atoms with Crippen LogP contribution in [0, 0.1) is 5.82 Å². The fourth-order valence-electron chi connectivity index (χ4n) is 1.01. The van der Waals surface area contributed by atoms with Crippen molar-refractivity contribution < 1.29 is 9.50 Å². The number of hydrogen-bond acceptors (Lipinski definition) is 2. The number of nitrogens with one attached hydrogen (secondary N) is 1. The van der Waals surface area contributed by atoms with Crippen LogP contribution >= 0.6 is 11.6 Å². The summed E-state index contributed by atoms with van der Waals surface area (Å²) in [7, 11) is 0. The van der Waals surface area contributed by atoms with E-state index in [0.29, 0.717) is 6.54 Å². The highest BCUT2D eigenvalue weighted by atomic mass is 35.5. The van der Waals surface area contributed by atoms with Crippen molar-refractivity contribution in [3.8, 4) is 0 Å². The third-order valence-corrected chi connectivity index (χ3v) is 2.22. The third kappa shape index (κ3) is 3.25. The average Bonchev–Trinajstić information content (AvgIpc) is 2.19. The molecule has 0 saturated heterocycles. The molecule has 1 rings (SSSR count). The molecule has 2 nitrogen and oxygen atoms in total. The Kier molecular flexibility index (Phi) is 4.32. The Balaban J connectivity index is 2.55. The van der Waals surface area contributed by atoms with Gasteiger partial charge in [-0.15, -0.1) is 0 Å². The smallest absolute Gasteiger partial charge is 0.142 e. The molecule has 0 aliphatic rings. The van der Waals surface area contributed by atoms with Crippen LogP contribution in [-0.2, 0) is 6.54 Å². The summed E-state index contributed by atoms with van der Waals surface area (Å²) in [5, 5.41) is 11.9. The lowest BCUT2D eigenvalue weighted by Gasteiger charge is -2.10. The predicted molar refractivity (Wildman–Crippen MR) is 54.8 cm³/mol. The van der Waals surface area contributed by atoms with E-state index in [9.17, 15) is 4.39 Å². The lowest BCUT2D eigenvalue weighted by Crippen LogP contribution is -2.28. The van der Waals surface area contributed by atoms with E-state index in [1.807, 2.05) is 6.92 Å². The van der Waals surface area contributed by atoms with Gasteiger partial charge in [-0.25, -0.2) is 4.39 Å². The van der Waals surface area contributed by atoms with Crippen molar-refractivity contribution in [2.24, 2.45) is 0 Å². The monoisotopic (exact) mass is 217 g/mol. The van der Waals surface area contributed by atoms with E-state index < -0.39 is 5.82 Å². The molecular weight excluding hydrogens is 205 g/mol. The van der Waals surface area contributed by atoms with Gasteiger partial charge in [-0.1, -0.05) is 17.7 Å². The Morgan fingerprint density at radius 3 is 2.86 bits per heavy atom. The maximum absolute atomic E-state index is 13.0. The molecule has 0 radical (unpaired) electrons. The summed E-state index contributed by atoms with van der Waals surface area (Å²) in [5.74, 6) is -0.414. The van der Waals surface area contributed by atoms with E-state index in [1.54, 1.807) is 6.07 Å². The summed E-state index contributed by atoms with van der Waals surface area (Å²) in [4.78, 5) is 0. The van der Waals surface area contributed by atoms with Crippen LogP contribution in [0.25, 0.3) is 0 Å². The van der Waals surface area contributed by atoms with E-state index in [2.05, 4.69) is 5.32 Å². The van der Waals surface area contributed by atoms with Crippen LogP contribution in [0.4, 0.5) is 4.39 Å². The van der Waals surface area contributed by atoms with Gasteiger partial charge in [0.2, 0.25) is 0 Å². The quantitative estimate of drug-likeness (QED) is 0.808. The average molecular weight is 218 g/mol. The van der Waals surface area contributed by atoms with Gasteiger partial charge in [0, 0.05) is 12.6 Å². The standard InChI is InChI=1S/C10H13ClFNO/c1-7(6-14)13-5-8-2-3-9(11)10(12)4-8/h2-4,7,13-14H,5-6H2,1H3/t7-/m1/s1. The number of aliphatic hydroxyl groups is 1. The Morgan fingerprint density at radius 1 is 1.57 bits per heavy atom. The van der Waals surface area contributed by atoms with Crippen LogP contribution in [-0.4, -0.2) is 17.8 Å². The first-order valence-corrected chi connectivity index (χ1v) is 4.79. The van der Waals surface area contributed by atoms with Crippen LogP contribution in [0.3, 0.4) is 0 Å².